The van der Waals surface area contributed by atoms with Crippen LogP contribution in [0.4, 0.5) is 0 Å². The third-order valence-corrected chi connectivity index (χ3v) is 6.87. The number of halogens is 1. The van der Waals surface area contributed by atoms with E-state index in [1.165, 1.54) is 0 Å². The number of thioether (sulfide) groups is 1. The van der Waals surface area contributed by atoms with Crippen molar-refractivity contribution in [3.05, 3.63) is 0 Å². The second-order valence-corrected chi connectivity index (χ2v) is 8.23. The van der Waals surface area contributed by atoms with Crippen LogP contribution in [0.15, 0.2) is 4.99 Å². The number of rotatable bonds is 1. The summed E-state index contributed by atoms with van der Waals surface area (Å²) in [4.78, 5) is 6.60. The predicted octanol–water partition coefficient (Wildman–Crippen LogP) is 0.973. The van der Waals surface area contributed by atoms with Crippen LogP contribution in [0.2, 0.25) is 0 Å². The molecular weight excluding hydrogens is 312 g/mol. The van der Waals surface area contributed by atoms with Gasteiger partial charge in [-0.1, -0.05) is 27.7 Å². The van der Waals surface area contributed by atoms with Crippen LogP contribution < -0.4 is 0 Å². The van der Waals surface area contributed by atoms with Crippen LogP contribution in [0.1, 0.15) is 6.42 Å². The molecule has 0 spiro atoms. The van der Waals surface area contributed by atoms with E-state index < -0.39 is 9.84 Å². The van der Waals surface area contributed by atoms with Crippen molar-refractivity contribution in [2.75, 3.05) is 36.5 Å². The van der Waals surface area contributed by atoms with E-state index in [2.05, 4.69) is 25.8 Å². The summed E-state index contributed by atoms with van der Waals surface area (Å²) in [6, 6.07) is 0. The highest BCUT2D eigenvalue weighted by molar-refractivity contribution is 9.09. The molecule has 16 heavy (non-hydrogen) atoms. The zero-order valence-electron chi connectivity index (χ0n) is 8.93. The summed E-state index contributed by atoms with van der Waals surface area (Å²) in [5.74, 6) is 0.592. The van der Waals surface area contributed by atoms with Gasteiger partial charge < -0.3 is 4.90 Å². The van der Waals surface area contributed by atoms with Crippen molar-refractivity contribution < 1.29 is 8.42 Å². The molecule has 0 aromatic rings. The molecule has 0 aromatic heterocycles. The summed E-state index contributed by atoms with van der Waals surface area (Å²) in [5, 5.41) is 2.48. The minimum absolute atomic E-state index is 0.269. The Hall–Kier alpha value is 0.250. The van der Waals surface area contributed by atoms with Gasteiger partial charge in [-0.3, -0.25) is 4.99 Å². The third kappa shape index (κ3) is 3.13. The molecule has 92 valence electrons. The molecule has 2 heterocycles. The first-order valence-electron chi connectivity index (χ1n) is 5.33. The van der Waals surface area contributed by atoms with E-state index in [1.807, 2.05) is 0 Å². The smallest absolute Gasteiger partial charge is 0.159 e. The molecule has 1 fully saturated rings. The van der Waals surface area contributed by atoms with Crippen LogP contribution in [0.5, 0.6) is 0 Å². The lowest BCUT2D eigenvalue weighted by molar-refractivity contribution is 0.458. The van der Waals surface area contributed by atoms with Gasteiger partial charge in [0, 0.05) is 23.7 Å². The van der Waals surface area contributed by atoms with Crippen molar-refractivity contribution in [2.24, 2.45) is 4.99 Å². The Morgan fingerprint density at radius 3 is 2.94 bits per heavy atom. The average molecular weight is 327 g/mol. The number of alkyl halides is 1. The number of hydrogen-bond acceptors (Lipinski definition) is 5. The molecule has 0 saturated carbocycles. The zero-order valence-corrected chi connectivity index (χ0v) is 12.2. The van der Waals surface area contributed by atoms with Gasteiger partial charge in [0.1, 0.15) is 0 Å². The molecule has 0 amide bonds. The Balaban J connectivity index is 1.96. The summed E-state index contributed by atoms with van der Waals surface area (Å²) in [6.45, 7) is 2.26. The fraction of sp³-hybridized carbons (Fsp3) is 0.889. The number of sulfone groups is 1. The third-order valence-electron chi connectivity index (χ3n) is 2.70. The Morgan fingerprint density at radius 1 is 1.44 bits per heavy atom. The Bertz CT molecular complexity index is 383. The molecule has 1 unspecified atom stereocenters. The molecule has 1 saturated heterocycles. The molecule has 2 aliphatic heterocycles. The van der Waals surface area contributed by atoms with Crippen molar-refractivity contribution in [2.45, 2.75) is 11.7 Å². The van der Waals surface area contributed by atoms with Gasteiger partial charge in [0.25, 0.3) is 0 Å². The van der Waals surface area contributed by atoms with Crippen molar-refractivity contribution in [3.63, 3.8) is 0 Å². The number of aliphatic imine (C=N–C) groups is 1. The first-order valence-corrected chi connectivity index (χ1v) is 9.15. The van der Waals surface area contributed by atoms with Crippen molar-refractivity contribution >= 4 is 42.7 Å². The lowest BCUT2D eigenvalue weighted by atomic mass is 10.4. The quantitative estimate of drug-likeness (QED) is 0.674. The minimum atomic E-state index is -2.82. The first-order chi connectivity index (χ1) is 7.61. The zero-order chi connectivity index (χ0) is 11.6. The Morgan fingerprint density at radius 2 is 2.25 bits per heavy atom. The lowest BCUT2D eigenvalue weighted by Gasteiger charge is -2.21. The summed E-state index contributed by atoms with van der Waals surface area (Å²) < 4.78 is 22.9. The molecule has 0 aromatic carbocycles. The van der Waals surface area contributed by atoms with Crippen LogP contribution >= 0.6 is 27.7 Å². The Labute approximate surface area is 109 Å². The lowest BCUT2D eigenvalue weighted by Crippen LogP contribution is -2.31. The molecule has 4 nitrogen and oxygen atoms in total. The van der Waals surface area contributed by atoms with E-state index in [9.17, 15) is 8.42 Å². The molecule has 2 rings (SSSR count). The maximum absolute atomic E-state index is 11.5. The first kappa shape index (κ1) is 12.7. The summed E-state index contributed by atoms with van der Waals surface area (Å²) in [7, 11) is -2.82. The van der Waals surface area contributed by atoms with E-state index in [-0.39, 0.29) is 5.75 Å². The van der Waals surface area contributed by atoms with Crippen LogP contribution in [-0.2, 0) is 9.84 Å². The molecule has 0 aliphatic carbocycles. The van der Waals surface area contributed by atoms with Crippen LogP contribution in [0.3, 0.4) is 0 Å². The fourth-order valence-corrected chi connectivity index (χ4v) is 4.65. The van der Waals surface area contributed by atoms with E-state index in [1.54, 1.807) is 11.8 Å². The van der Waals surface area contributed by atoms with E-state index in [4.69, 9.17) is 0 Å². The maximum atomic E-state index is 11.5. The Kier molecular flexibility index (Phi) is 4.18. The highest BCUT2D eigenvalue weighted by Gasteiger charge is 2.26. The molecular formula is C9H15BrN2O2S2. The van der Waals surface area contributed by atoms with Gasteiger partial charge in [-0.25, -0.2) is 8.42 Å². The van der Waals surface area contributed by atoms with E-state index in [0.717, 1.165) is 30.0 Å². The maximum Gasteiger partial charge on any atom is 0.159 e. The van der Waals surface area contributed by atoms with Gasteiger partial charge in [0.15, 0.2) is 15.0 Å². The fourth-order valence-electron chi connectivity index (χ4n) is 1.79. The van der Waals surface area contributed by atoms with Gasteiger partial charge in [0.2, 0.25) is 0 Å². The van der Waals surface area contributed by atoms with E-state index >= 15 is 0 Å². The molecule has 0 bridgehead atoms. The molecule has 2 aliphatic rings. The van der Waals surface area contributed by atoms with Crippen LogP contribution in [-0.4, -0.2) is 60.2 Å². The standard InChI is InChI=1S/C9H15BrN2O2S2/c10-6-8-7-11-9(15-8)12-2-1-4-16(13,14)5-3-12/h8H,1-7H2. The summed E-state index contributed by atoms with van der Waals surface area (Å²) in [5.41, 5.74) is 0. The molecule has 0 radical (unpaired) electrons. The predicted molar refractivity (Wildman–Crippen MR) is 72.3 cm³/mol. The largest absolute Gasteiger partial charge is 0.350 e. The number of amidine groups is 1. The molecule has 1 atom stereocenters. The SMILES string of the molecule is O=S1(=O)CCCN(C2=NCC(CBr)S2)CC1. The second kappa shape index (κ2) is 5.27. The highest BCUT2D eigenvalue weighted by Crippen LogP contribution is 2.25. The van der Waals surface area contributed by atoms with Crippen molar-refractivity contribution in [3.8, 4) is 0 Å². The topological polar surface area (TPSA) is 49.7 Å². The minimum Gasteiger partial charge on any atom is -0.350 e. The van der Waals surface area contributed by atoms with Crippen molar-refractivity contribution in [1.82, 2.24) is 4.90 Å². The van der Waals surface area contributed by atoms with Crippen LogP contribution in [0.25, 0.3) is 0 Å². The van der Waals surface area contributed by atoms with Gasteiger partial charge in [-0.2, -0.15) is 0 Å². The average Bonchev–Trinajstić information content (AvgIpc) is 2.64. The number of nitrogens with zero attached hydrogens (tertiary/aromatic N) is 2. The molecule has 0 N–H and O–H groups in total. The number of hydrogen-bond donors (Lipinski definition) is 0. The van der Waals surface area contributed by atoms with Gasteiger partial charge in [-0.15, -0.1) is 0 Å². The highest BCUT2D eigenvalue weighted by atomic mass is 79.9. The van der Waals surface area contributed by atoms with E-state index in [0.29, 0.717) is 17.5 Å². The second-order valence-electron chi connectivity index (χ2n) is 4.01. The summed E-state index contributed by atoms with van der Waals surface area (Å²) in [6.07, 6.45) is 0.723. The van der Waals surface area contributed by atoms with Gasteiger partial charge >= 0.3 is 0 Å². The van der Waals surface area contributed by atoms with Crippen LogP contribution in [0, 0.1) is 0 Å². The van der Waals surface area contributed by atoms with Gasteiger partial charge in [0.05, 0.1) is 18.1 Å². The van der Waals surface area contributed by atoms with Gasteiger partial charge in [-0.05, 0) is 6.42 Å². The monoisotopic (exact) mass is 326 g/mol. The normalized spacial score (nSPS) is 29.9. The molecule has 7 heteroatoms. The van der Waals surface area contributed by atoms with Crippen molar-refractivity contribution in [1.29, 1.82) is 0 Å². The summed E-state index contributed by atoms with van der Waals surface area (Å²) >= 11 is 5.21.